The number of aromatic nitrogens is 1. The summed E-state index contributed by atoms with van der Waals surface area (Å²) in [5.74, 6) is 1.37. The van der Waals surface area contributed by atoms with E-state index in [4.69, 9.17) is 4.74 Å². The zero-order valence-electron chi connectivity index (χ0n) is 8.58. The number of halogens is 1. The third kappa shape index (κ3) is 3.18. The molecule has 1 aromatic rings. The van der Waals surface area contributed by atoms with Gasteiger partial charge in [-0.25, -0.2) is 4.98 Å². The van der Waals surface area contributed by atoms with Crippen molar-refractivity contribution in [2.75, 3.05) is 19.7 Å². The van der Waals surface area contributed by atoms with Gasteiger partial charge in [-0.3, -0.25) is 0 Å². The van der Waals surface area contributed by atoms with Crippen LogP contribution in [0, 0.1) is 5.92 Å². The minimum atomic E-state index is 0.667. The van der Waals surface area contributed by atoms with Crippen LogP contribution in [-0.4, -0.2) is 24.7 Å². The number of ether oxygens (including phenoxy) is 1. The van der Waals surface area contributed by atoms with Crippen LogP contribution in [0.4, 0.5) is 0 Å². The maximum absolute atomic E-state index is 5.69. The van der Waals surface area contributed by atoms with E-state index < -0.39 is 0 Å². The van der Waals surface area contributed by atoms with Gasteiger partial charge < -0.3 is 10.1 Å². The molecule has 0 aromatic carbocycles. The Bertz CT molecular complexity index is 313. The first-order valence-electron chi connectivity index (χ1n) is 5.30. The van der Waals surface area contributed by atoms with Crippen molar-refractivity contribution in [2.45, 2.75) is 12.8 Å². The zero-order valence-corrected chi connectivity index (χ0v) is 10.2. The third-order valence-electron chi connectivity index (χ3n) is 2.64. The first kappa shape index (κ1) is 10.9. The first-order chi connectivity index (χ1) is 7.36. The Hall–Kier alpha value is -0.610. The summed E-state index contributed by atoms with van der Waals surface area (Å²) >= 11 is 3.42. The molecular weight excluding hydrogens is 256 g/mol. The van der Waals surface area contributed by atoms with Gasteiger partial charge in [0.25, 0.3) is 0 Å². The maximum atomic E-state index is 5.69. The topological polar surface area (TPSA) is 34.1 Å². The predicted molar refractivity (Wildman–Crippen MR) is 63.0 cm³/mol. The molecule has 4 heteroatoms. The van der Waals surface area contributed by atoms with Crippen LogP contribution < -0.4 is 10.1 Å². The van der Waals surface area contributed by atoms with Crippen LogP contribution in [-0.2, 0) is 0 Å². The van der Waals surface area contributed by atoms with Crippen LogP contribution in [0.1, 0.15) is 12.8 Å². The summed E-state index contributed by atoms with van der Waals surface area (Å²) in [6.07, 6.45) is 4.15. The summed E-state index contributed by atoms with van der Waals surface area (Å²) < 4.78 is 6.62. The summed E-state index contributed by atoms with van der Waals surface area (Å²) in [7, 11) is 0. The number of piperidine rings is 1. The Kier molecular flexibility index (Phi) is 3.97. The quantitative estimate of drug-likeness (QED) is 0.915. The van der Waals surface area contributed by atoms with E-state index in [1.165, 1.54) is 12.8 Å². The Morgan fingerprint density at radius 3 is 3.00 bits per heavy atom. The summed E-state index contributed by atoms with van der Waals surface area (Å²) in [5, 5.41) is 3.34. The lowest BCUT2D eigenvalue weighted by Gasteiger charge is -2.22. The minimum Gasteiger partial charge on any atom is -0.477 e. The predicted octanol–water partition coefficient (Wildman–Crippen LogP) is 2.22. The van der Waals surface area contributed by atoms with Gasteiger partial charge in [0.05, 0.1) is 11.1 Å². The molecule has 0 spiro atoms. The number of pyridine rings is 1. The largest absolute Gasteiger partial charge is 0.477 e. The minimum absolute atomic E-state index is 0.667. The van der Waals surface area contributed by atoms with Gasteiger partial charge in [0.1, 0.15) is 0 Å². The molecule has 0 aliphatic carbocycles. The fourth-order valence-electron chi connectivity index (χ4n) is 1.72. The third-order valence-corrected chi connectivity index (χ3v) is 3.24. The number of nitrogens with zero attached hydrogens (tertiary/aromatic N) is 1. The molecule has 0 bridgehead atoms. The Labute approximate surface area is 98.4 Å². The second kappa shape index (κ2) is 5.47. The van der Waals surface area contributed by atoms with Gasteiger partial charge in [-0.2, -0.15) is 0 Å². The lowest BCUT2D eigenvalue weighted by Crippen LogP contribution is -2.30. The second-order valence-electron chi connectivity index (χ2n) is 3.79. The monoisotopic (exact) mass is 270 g/mol. The average Bonchev–Trinajstić information content (AvgIpc) is 2.29. The molecule has 1 aromatic heterocycles. The fourth-order valence-corrected chi connectivity index (χ4v) is 2.09. The van der Waals surface area contributed by atoms with Gasteiger partial charge >= 0.3 is 0 Å². The number of hydrogen-bond donors (Lipinski definition) is 1. The molecule has 0 atom stereocenters. The van der Waals surface area contributed by atoms with Crippen molar-refractivity contribution in [3.63, 3.8) is 0 Å². The van der Waals surface area contributed by atoms with Gasteiger partial charge in [0.2, 0.25) is 5.88 Å². The standard InChI is InChI=1S/C11H15BrN2O/c12-10-2-1-5-14-11(10)15-8-9-3-6-13-7-4-9/h1-2,5,9,13H,3-4,6-8H2. The number of rotatable bonds is 3. The highest BCUT2D eigenvalue weighted by Gasteiger charge is 2.14. The fraction of sp³-hybridized carbons (Fsp3) is 0.545. The van der Waals surface area contributed by atoms with Gasteiger partial charge in [-0.1, -0.05) is 0 Å². The van der Waals surface area contributed by atoms with Crippen LogP contribution in [0.2, 0.25) is 0 Å². The highest BCUT2D eigenvalue weighted by Crippen LogP contribution is 2.22. The van der Waals surface area contributed by atoms with Crippen molar-refractivity contribution in [3.8, 4) is 5.88 Å². The van der Waals surface area contributed by atoms with Crippen molar-refractivity contribution in [1.29, 1.82) is 0 Å². The van der Waals surface area contributed by atoms with E-state index in [9.17, 15) is 0 Å². The molecule has 1 aliphatic rings. The van der Waals surface area contributed by atoms with Gasteiger partial charge in [0.15, 0.2) is 0 Å². The number of nitrogens with one attached hydrogen (secondary N) is 1. The molecule has 0 amide bonds. The molecule has 82 valence electrons. The average molecular weight is 271 g/mol. The molecule has 3 nitrogen and oxygen atoms in total. The van der Waals surface area contributed by atoms with E-state index in [0.717, 1.165) is 24.2 Å². The molecule has 2 rings (SSSR count). The van der Waals surface area contributed by atoms with Crippen molar-refractivity contribution in [2.24, 2.45) is 5.92 Å². The molecule has 0 saturated carbocycles. The van der Waals surface area contributed by atoms with Crippen LogP contribution in [0.3, 0.4) is 0 Å². The van der Waals surface area contributed by atoms with E-state index in [1.807, 2.05) is 12.1 Å². The van der Waals surface area contributed by atoms with Crippen molar-refractivity contribution < 1.29 is 4.74 Å². The van der Waals surface area contributed by atoms with Gasteiger partial charge in [0, 0.05) is 6.20 Å². The van der Waals surface area contributed by atoms with Gasteiger partial charge in [-0.15, -0.1) is 0 Å². The van der Waals surface area contributed by atoms with E-state index >= 15 is 0 Å². The lowest BCUT2D eigenvalue weighted by atomic mass is 9.99. The van der Waals surface area contributed by atoms with Crippen LogP contribution in [0.5, 0.6) is 5.88 Å². The summed E-state index contributed by atoms with van der Waals surface area (Å²) in [6, 6.07) is 3.84. The van der Waals surface area contributed by atoms with Crippen LogP contribution >= 0.6 is 15.9 Å². The Morgan fingerprint density at radius 1 is 1.47 bits per heavy atom. The molecule has 2 heterocycles. The smallest absolute Gasteiger partial charge is 0.227 e. The van der Waals surface area contributed by atoms with E-state index in [0.29, 0.717) is 11.8 Å². The van der Waals surface area contributed by atoms with Crippen molar-refractivity contribution >= 4 is 15.9 Å². The Morgan fingerprint density at radius 2 is 2.27 bits per heavy atom. The summed E-state index contributed by atoms with van der Waals surface area (Å²) in [4.78, 5) is 4.18. The second-order valence-corrected chi connectivity index (χ2v) is 4.65. The molecule has 1 fully saturated rings. The highest BCUT2D eigenvalue weighted by molar-refractivity contribution is 9.10. The summed E-state index contributed by atoms with van der Waals surface area (Å²) in [6.45, 7) is 2.99. The lowest BCUT2D eigenvalue weighted by molar-refractivity contribution is 0.208. The summed E-state index contributed by atoms with van der Waals surface area (Å²) in [5.41, 5.74) is 0. The normalized spacial score (nSPS) is 17.7. The number of hydrogen-bond acceptors (Lipinski definition) is 3. The van der Waals surface area contributed by atoms with Crippen LogP contribution in [0.15, 0.2) is 22.8 Å². The molecular formula is C11H15BrN2O. The molecule has 1 aliphatic heterocycles. The highest BCUT2D eigenvalue weighted by atomic mass is 79.9. The van der Waals surface area contributed by atoms with E-state index in [-0.39, 0.29) is 0 Å². The molecule has 1 N–H and O–H groups in total. The Balaban J connectivity index is 1.84. The first-order valence-corrected chi connectivity index (χ1v) is 6.09. The molecule has 15 heavy (non-hydrogen) atoms. The van der Waals surface area contributed by atoms with Gasteiger partial charge in [-0.05, 0) is 59.9 Å². The van der Waals surface area contributed by atoms with Crippen molar-refractivity contribution in [1.82, 2.24) is 10.3 Å². The zero-order chi connectivity index (χ0) is 10.5. The van der Waals surface area contributed by atoms with E-state index in [2.05, 4.69) is 26.2 Å². The SMILES string of the molecule is Brc1cccnc1OCC1CCNCC1. The van der Waals surface area contributed by atoms with Crippen molar-refractivity contribution in [3.05, 3.63) is 22.8 Å². The molecule has 0 unspecified atom stereocenters. The van der Waals surface area contributed by atoms with E-state index in [1.54, 1.807) is 6.20 Å². The molecule has 0 radical (unpaired) electrons. The molecule has 1 saturated heterocycles. The van der Waals surface area contributed by atoms with Crippen LogP contribution in [0.25, 0.3) is 0 Å². The maximum Gasteiger partial charge on any atom is 0.227 e.